The van der Waals surface area contributed by atoms with Gasteiger partial charge in [-0.3, -0.25) is 4.98 Å². The fourth-order valence-corrected chi connectivity index (χ4v) is 1.82. The van der Waals surface area contributed by atoms with E-state index in [-0.39, 0.29) is 0 Å². The monoisotopic (exact) mass is 226 g/mol. The normalized spacial score (nSPS) is 12.4. The number of nitrogens with zero attached hydrogens (tertiary/aromatic N) is 1. The topological polar surface area (TPSA) is 38.9 Å². The van der Waals surface area contributed by atoms with Gasteiger partial charge in [-0.05, 0) is 30.0 Å². The average molecular weight is 226 g/mol. The van der Waals surface area contributed by atoms with E-state index in [0.29, 0.717) is 5.92 Å². The van der Waals surface area contributed by atoms with Gasteiger partial charge in [0.15, 0.2) is 0 Å². The molecule has 88 valence electrons. The van der Waals surface area contributed by atoms with Crippen LogP contribution in [0.5, 0.6) is 0 Å². The first kappa shape index (κ1) is 11.6. The van der Waals surface area contributed by atoms with Gasteiger partial charge in [0.2, 0.25) is 0 Å². The number of nitrogen functional groups attached to an aromatic ring is 1. The molecule has 2 nitrogen and oxygen atoms in total. The summed E-state index contributed by atoms with van der Waals surface area (Å²) < 4.78 is 0. The van der Waals surface area contributed by atoms with Crippen molar-refractivity contribution in [2.24, 2.45) is 0 Å². The highest BCUT2D eigenvalue weighted by atomic mass is 14.7. The Kier molecular flexibility index (Phi) is 3.43. The largest absolute Gasteiger partial charge is 0.399 e. The molecule has 2 aromatic rings. The zero-order valence-electron chi connectivity index (χ0n) is 10.4. The number of nitrogens with two attached hydrogens (primary N) is 1. The molecule has 0 aliphatic carbocycles. The van der Waals surface area contributed by atoms with Gasteiger partial charge in [0, 0.05) is 17.4 Å². The third-order valence-corrected chi connectivity index (χ3v) is 3.17. The van der Waals surface area contributed by atoms with E-state index in [1.807, 2.05) is 6.07 Å². The Bertz CT molecular complexity index is 489. The molecular weight excluding hydrogens is 208 g/mol. The predicted molar refractivity (Wildman–Crippen MR) is 72.8 cm³/mol. The molecule has 17 heavy (non-hydrogen) atoms. The molecule has 1 heterocycles. The van der Waals surface area contributed by atoms with E-state index in [2.05, 4.69) is 43.1 Å². The quantitative estimate of drug-likeness (QED) is 0.863. The Morgan fingerprint density at radius 2 is 1.88 bits per heavy atom. The van der Waals surface area contributed by atoms with Crippen molar-refractivity contribution in [1.82, 2.24) is 4.98 Å². The van der Waals surface area contributed by atoms with E-state index >= 15 is 0 Å². The molecule has 0 radical (unpaired) electrons. The number of aromatic nitrogens is 1. The van der Waals surface area contributed by atoms with Crippen molar-refractivity contribution in [3.63, 3.8) is 0 Å². The zero-order chi connectivity index (χ0) is 12.3. The summed E-state index contributed by atoms with van der Waals surface area (Å²) in [4.78, 5) is 4.32. The molecule has 0 fully saturated rings. The highest BCUT2D eigenvalue weighted by Gasteiger charge is 2.04. The van der Waals surface area contributed by atoms with Crippen LogP contribution >= 0.6 is 0 Å². The second-order valence-corrected chi connectivity index (χ2v) is 4.41. The van der Waals surface area contributed by atoms with Gasteiger partial charge in [-0.15, -0.1) is 0 Å². The fraction of sp³-hybridized carbons (Fsp3) is 0.267. The Balaban J connectivity index is 2.29. The van der Waals surface area contributed by atoms with Crippen molar-refractivity contribution in [2.75, 3.05) is 5.73 Å². The van der Waals surface area contributed by atoms with Crippen molar-refractivity contribution in [3.05, 3.63) is 48.2 Å². The number of hydrogen-bond acceptors (Lipinski definition) is 2. The van der Waals surface area contributed by atoms with Gasteiger partial charge in [0.25, 0.3) is 0 Å². The summed E-state index contributed by atoms with van der Waals surface area (Å²) in [5.41, 5.74) is 9.93. The summed E-state index contributed by atoms with van der Waals surface area (Å²) in [5, 5.41) is 0. The molecule has 2 rings (SSSR count). The molecule has 0 aliphatic rings. The second-order valence-electron chi connectivity index (χ2n) is 4.41. The predicted octanol–water partition coefficient (Wildman–Crippen LogP) is 3.84. The van der Waals surface area contributed by atoms with Crippen LogP contribution < -0.4 is 5.73 Å². The third kappa shape index (κ3) is 2.64. The first-order chi connectivity index (χ1) is 8.20. The van der Waals surface area contributed by atoms with Crippen molar-refractivity contribution >= 4 is 5.69 Å². The van der Waals surface area contributed by atoms with Gasteiger partial charge in [-0.2, -0.15) is 0 Å². The van der Waals surface area contributed by atoms with Gasteiger partial charge in [-0.1, -0.05) is 38.1 Å². The molecule has 0 saturated carbocycles. The van der Waals surface area contributed by atoms with E-state index < -0.39 is 0 Å². The van der Waals surface area contributed by atoms with E-state index in [9.17, 15) is 0 Å². The second kappa shape index (κ2) is 5.00. The minimum atomic E-state index is 0.609. The molecule has 1 aromatic heterocycles. The van der Waals surface area contributed by atoms with E-state index in [0.717, 1.165) is 23.4 Å². The SMILES string of the molecule is CCC(C)c1ccc(-c2cc(N)ccn2)cc1. The van der Waals surface area contributed by atoms with Crippen molar-refractivity contribution < 1.29 is 0 Å². The van der Waals surface area contributed by atoms with E-state index in [4.69, 9.17) is 5.73 Å². The van der Waals surface area contributed by atoms with Gasteiger partial charge in [0.1, 0.15) is 0 Å². The van der Waals surface area contributed by atoms with Crippen LogP contribution in [0.2, 0.25) is 0 Å². The highest BCUT2D eigenvalue weighted by molar-refractivity contribution is 5.63. The van der Waals surface area contributed by atoms with Crippen LogP contribution in [0.1, 0.15) is 31.7 Å². The van der Waals surface area contributed by atoms with Crippen LogP contribution in [0.25, 0.3) is 11.3 Å². The lowest BCUT2D eigenvalue weighted by atomic mass is 9.97. The van der Waals surface area contributed by atoms with E-state index in [1.54, 1.807) is 12.3 Å². The maximum Gasteiger partial charge on any atom is 0.0722 e. The Labute approximate surface area is 103 Å². The lowest BCUT2D eigenvalue weighted by Gasteiger charge is -2.09. The minimum Gasteiger partial charge on any atom is -0.399 e. The summed E-state index contributed by atoms with van der Waals surface area (Å²) in [5.74, 6) is 0.609. The smallest absolute Gasteiger partial charge is 0.0722 e. The Hall–Kier alpha value is -1.83. The van der Waals surface area contributed by atoms with Crippen LogP contribution in [0, 0.1) is 0 Å². The molecule has 1 aromatic carbocycles. The van der Waals surface area contributed by atoms with Crippen molar-refractivity contribution in [1.29, 1.82) is 0 Å². The highest BCUT2D eigenvalue weighted by Crippen LogP contribution is 2.23. The fourth-order valence-electron chi connectivity index (χ4n) is 1.82. The summed E-state index contributed by atoms with van der Waals surface area (Å²) in [6.45, 7) is 4.45. The van der Waals surface area contributed by atoms with Gasteiger partial charge in [-0.25, -0.2) is 0 Å². The summed E-state index contributed by atoms with van der Waals surface area (Å²) in [6.07, 6.45) is 2.91. The van der Waals surface area contributed by atoms with Crippen LogP contribution in [0.4, 0.5) is 5.69 Å². The summed E-state index contributed by atoms with van der Waals surface area (Å²) >= 11 is 0. The van der Waals surface area contributed by atoms with Crippen LogP contribution in [0.15, 0.2) is 42.6 Å². The maximum atomic E-state index is 5.76. The number of benzene rings is 1. The van der Waals surface area contributed by atoms with Crippen molar-refractivity contribution in [3.8, 4) is 11.3 Å². The van der Waals surface area contributed by atoms with Gasteiger partial charge < -0.3 is 5.73 Å². The first-order valence-corrected chi connectivity index (χ1v) is 6.02. The first-order valence-electron chi connectivity index (χ1n) is 6.02. The van der Waals surface area contributed by atoms with Crippen LogP contribution in [-0.4, -0.2) is 4.98 Å². The molecule has 1 atom stereocenters. The number of rotatable bonds is 3. The molecule has 0 aliphatic heterocycles. The zero-order valence-corrected chi connectivity index (χ0v) is 10.4. The molecule has 2 N–H and O–H groups in total. The van der Waals surface area contributed by atoms with Gasteiger partial charge >= 0.3 is 0 Å². The number of hydrogen-bond donors (Lipinski definition) is 1. The Morgan fingerprint density at radius 1 is 1.18 bits per heavy atom. The molecular formula is C15H18N2. The maximum absolute atomic E-state index is 5.76. The molecule has 0 saturated heterocycles. The lowest BCUT2D eigenvalue weighted by Crippen LogP contribution is -1.92. The number of anilines is 1. The number of pyridine rings is 1. The molecule has 0 bridgehead atoms. The molecule has 0 amide bonds. The van der Waals surface area contributed by atoms with Crippen LogP contribution in [-0.2, 0) is 0 Å². The standard InChI is InChI=1S/C15H18N2/c1-3-11(2)12-4-6-13(7-5-12)15-10-14(16)8-9-17-15/h4-11H,3H2,1-2H3,(H2,16,17). The van der Waals surface area contributed by atoms with Gasteiger partial charge in [0.05, 0.1) is 5.69 Å². The lowest BCUT2D eigenvalue weighted by molar-refractivity contribution is 0.734. The van der Waals surface area contributed by atoms with Crippen molar-refractivity contribution in [2.45, 2.75) is 26.2 Å². The molecule has 1 unspecified atom stereocenters. The van der Waals surface area contributed by atoms with Crippen LogP contribution in [0.3, 0.4) is 0 Å². The minimum absolute atomic E-state index is 0.609. The third-order valence-electron chi connectivity index (χ3n) is 3.17. The summed E-state index contributed by atoms with van der Waals surface area (Å²) in [6, 6.07) is 12.3. The molecule has 2 heteroatoms. The Morgan fingerprint density at radius 3 is 2.47 bits per heavy atom. The van der Waals surface area contributed by atoms with E-state index in [1.165, 1.54) is 5.56 Å². The summed E-state index contributed by atoms with van der Waals surface area (Å²) in [7, 11) is 0. The average Bonchev–Trinajstić information content (AvgIpc) is 2.38. The molecule has 0 spiro atoms.